The molecule has 0 spiro atoms. The smallest absolute Gasteiger partial charge is 0.165 e. The maximum atomic E-state index is 14.1. The summed E-state index contributed by atoms with van der Waals surface area (Å²) in [5, 5.41) is 10.8. The van der Waals surface area contributed by atoms with E-state index in [1.807, 2.05) is 0 Å². The van der Waals surface area contributed by atoms with E-state index >= 15 is 0 Å². The molecule has 5 heteroatoms. The Morgan fingerprint density at radius 1 is 1.20 bits per heavy atom. The van der Waals surface area contributed by atoms with Gasteiger partial charge in [0.05, 0.1) is 5.60 Å². The monoisotopic (exact) mass is 345 g/mol. The number of aromatic nitrogens is 1. The molecule has 1 aromatic rings. The molecule has 3 atom stereocenters. The second kappa shape index (κ2) is 5.65. The summed E-state index contributed by atoms with van der Waals surface area (Å²) in [6.07, 6.45) is 7.30. The average molecular weight is 345 g/mol. The number of hydrogen-bond donors (Lipinski definition) is 1. The van der Waals surface area contributed by atoms with Crippen LogP contribution in [0.5, 0.6) is 0 Å². The van der Waals surface area contributed by atoms with E-state index in [1.54, 1.807) is 12.3 Å². The molecule has 0 aromatic carbocycles. The maximum Gasteiger partial charge on any atom is 0.165 e. The van der Waals surface area contributed by atoms with Gasteiger partial charge in [-0.3, -0.25) is 4.90 Å². The lowest BCUT2D eigenvalue weighted by molar-refractivity contribution is -0.161. The number of hydrogen-bond acceptors (Lipinski definition) is 4. The fourth-order valence-corrected chi connectivity index (χ4v) is 6.71. The van der Waals surface area contributed by atoms with Gasteiger partial charge in [0, 0.05) is 37.9 Å². The third-order valence-electron chi connectivity index (χ3n) is 7.28. The second-order valence-corrected chi connectivity index (χ2v) is 9.03. The molecule has 4 nitrogen and oxygen atoms in total. The van der Waals surface area contributed by atoms with Crippen molar-refractivity contribution in [2.45, 2.75) is 56.7 Å². The lowest BCUT2D eigenvalue weighted by Crippen LogP contribution is -2.65. The Labute approximate surface area is 149 Å². The van der Waals surface area contributed by atoms with E-state index in [9.17, 15) is 9.50 Å². The summed E-state index contributed by atoms with van der Waals surface area (Å²) in [4.78, 5) is 9.04. The molecule has 2 unspecified atom stereocenters. The first-order valence-corrected chi connectivity index (χ1v) is 9.86. The van der Waals surface area contributed by atoms with Crippen molar-refractivity contribution < 1.29 is 9.50 Å². The van der Waals surface area contributed by atoms with Crippen LogP contribution in [0.3, 0.4) is 0 Å². The second-order valence-electron chi connectivity index (χ2n) is 9.03. The van der Waals surface area contributed by atoms with Crippen molar-refractivity contribution in [1.29, 1.82) is 0 Å². The molecule has 2 heterocycles. The summed E-state index contributed by atoms with van der Waals surface area (Å²) in [5.74, 6) is 2.33. The van der Waals surface area contributed by atoms with E-state index in [0.29, 0.717) is 23.7 Å². The number of nitrogens with zero attached hydrogens (tertiary/aromatic N) is 3. The minimum atomic E-state index is -0.364. The molecule has 5 fully saturated rings. The van der Waals surface area contributed by atoms with E-state index in [0.717, 1.165) is 44.8 Å². The van der Waals surface area contributed by atoms with E-state index in [-0.39, 0.29) is 17.5 Å². The van der Waals surface area contributed by atoms with Crippen LogP contribution in [0.15, 0.2) is 18.3 Å². The first-order valence-electron chi connectivity index (χ1n) is 9.86. The molecule has 5 aliphatic rings. The van der Waals surface area contributed by atoms with Crippen molar-refractivity contribution in [2.24, 2.45) is 17.8 Å². The van der Waals surface area contributed by atoms with Crippen molar-refractivity contribution in [1.82, 2.24) is 9.88 Å². The summed E-state index contributed by atoms with van der Waals surface area (Å²) < 4.78 is 14.1. The zero-order chi connectivity index (χ0) is 17.2. The summed E-state index contributed by atoms with van der Waals surface area (Å²) in [6.45, 7) is 4.96. The van der Waals surface area contributed by atoms with Crippen LogP contribution in [0.25, 0.3) is 0 Å². The highest BCUT2D eigenvalue weighted by Crippen LogP contribution is 2.57. The minimum Gasteiger partial charge on any atom is -0.390 e. The predicted octanol–water partition coefficient (Wildman–Crippen LogP) is 2.67. The Morgan fingerprint density at radius 3 is 2.60 bits per heavy atom. The van der Waals surface area contributed by atoms with Gasteiger partial charge in [-0.25, -0.2) is 9.37 Å². The van der Waals surface area contributed by atoms with E-state index in [2.05, 4.69) is 21.7 Å². The van der Waals surface area contributed by atoms with Gasteiger partial charge in [-0.1, -0.05) is 0 Å². The highest BCUT2D eigenvalue weighted by Gasteiger charge is 2.56. The zero-order valence-corrected chi connectivity index (χ0v) is 14.9. The molecule has 4 saturated carbocycles. The Balaban J connectivity index is 1.32. The van der Waals surface area contributed by atoms with Crippen molar-refractivity contribution in [3.63, 3.8) is 0 Å². The van der Waals surface area contributed by atoms with Crippen molar-refractivity contribution in [3.8, 4) is 0 Å². The molecule has 1 N–H and O–H groups in total. The number of aliphatic hydroxyl groups is 1. The molecule has 136 valence electrons. The number of piperazine rings is 1. The van der Waals surface area contributed by atoms with Gasteiger partial charge in [0.25, 0.3) is 0 Å². The Morgan fingerprint density at radius 2 is 1.96 bits per heavy atom. The highest BCUT2D eigenvalue weighted by atomic mass is 19.1. The molecule has 0 amide bonds. The van der Waals surface area contributed by atoms with Gasteiger partial charge in [-0.05, 0) is 68.9 Å². The first-order chi connectivity index (χ1) is 12.0. The van der Waals surface area contributed by atoms with E-state index in [4.69, 9.17) is 0 Å². The summed E-state index contributed by atoms with van der Waals surface area (Å²) in [5.41, 5.74) is -0.364. The predicted molar refractivity (Wildman–Crippen MR) is 94.9 cm³/mol. The van der Waals surface area contributed by atoms with Crippen LogP contribution in [0.1, 0.15) is 39.0 Å². The average Bonchev–Trinajstić information content (AvgIpc) is 2.54. The summed E-state index contributed by atoms with van der Waals surface area (Å²) in [7, 11) is 0. The molecule has 1 saturated heterocycles. The molecule has 1 aliphatic heterocycles. The van der Waals surface area contributed by atoms with Crippen LogP contribution >= 0.6 is 0 Å². The topological polar surface area (TPSA) is 39.6 Å². The van der Waals surface area contributed by atoms with Crippen LogP contribution in [0.4, 0.5) is 10.2 Å². The number of pyridine rings is 1. The molecule has 6 rings (SSSR count). The molecule has 25 heavy (non-hydrogen) atoms. The molecule has 4 bridgehead atoms. The van der Waals surface area contributed by atoms with E-state index < -0.39 is 0 Å². The lowest BCUT2D eigenvalue weighted by atomic mass is 9.52. The molecular weight excluding hydrogens is 317 g/mol. The van der Waals surface area contributed by atoms with Crippen LogP contribution in [-0.2, 0) is 0 Å². The Kier molecular flexibility index (Phi) is 3.62. The number of rotatable bonds is 2. The van der Waals surface area contributed by atoms with Crippen molar-refractivity contribution in [2.75, 3.05) is 24.5 Å². The minimum absolute atomic E-state index is 0.223. The van der Waals surface area contributed by atoms with Gasteiger partial charge in [-0.15, -0.1) is 0 Å². The SMILES string of the molecule is C[C@@H]1CN(C2C3CC4CC2CC(O)(C4)C3)CCN1c1ncccc1F. The van der Waals surface area contributed by atoms with Gasteiger partial charge in [0.2, 0.25) is 0 Å². The Hall–Kier alpha value is -1.20. The summed E-state index contributed by atoms with van der Waals surface area (Å²) >= 11 is 0. The fourth-order valence-electron chi connectivity index (χ4n) is 6.71. The molecule has 4 aliphatic carbocycles. The quantitative estimate of drug-likeness (QED) is 0.895. The van der Waals surface area contributed by atoms with Crippen LogP contribution < -0.4 is 4.90 Å². The van der Waals surface area contributed by atoms with Gasteiger partial charge >= 0.3 is 0 Å². The van der Waals surface area contributed by atoms with Gasteiger partial charge in [0.15, 0.2) is 11.6 Å². The van der Waals surface area contributed by atoms with E-state index in [1.165, 1.54) is 18.9 Å². The number of halogens is 1. The van der Waals surface area contributed by atoms with Crippen LogP contribution in [-0.4, -0.2) is 52.3 Å². The van der Waals surface area contributed by atoms with Crippen molar-refractivity contribution >= 4 is 5.82 Å². The molecule has 1 aromatic heterocycles. The standard InChI is InChI=1S/C20H28FN3O/c1-13-12-23(5-6-24(13)19-17(21)3-2-4-22-19)18-15-7-14-8-16(18)11-20(25,9-14)10-15/h2-4,13-16,18,25H,5-12H2,1H3/t13-,14?,15?,16?,18?,20?/m1/s1. The lowest BCUT2D eigenvalue weighted by Gasteiger charge is -2.61. The normalized spacial score (nSPS) is 43.6. The van der Waals surface area contributed by atoms with Gasteiger partial charge in [0.1, 0.15) is 0 Å². The largest absolute Gasteiger partial charge is 0.390 e. The molecule has 0 radical (unpaired) electrons. The fraction of sp³-hybridized carbons (Fsp3) is 0.750. The summed E-state index contributed by atoms with van der Waals surface area (Å²) in [6, 6.07) is 4.03. The Bertz CT molecular complexity index is 652. The maximum absolute atomic E-state index is 14.1. The zero-order valence-electron chi connectivity index (χ0n) is 14.9. The highest BCUT2D eigenvalue weighted by molar-refractivity contribution is 5.41. The number of anilines is 1. The third-order valence-corrected chi connectivity index (χ3v) is 7.28. The van der Waals surface area contributed by atoms with Gasteiger partial charge < -0.3 is 10.0 Å². The van der Waals surface area contributed by atoms with Crippen molar-refractivity contribution in [3.05, 3.63) is 24.1 Å². The third kappa shape index (κ3) is 2.58. The van der Waals surface area contributed by atoms with Gasteiger partial charge in [-0.2, -0.15) is 0 Å². The molecular formula is C20H28FN3O. The first kappa shape index (κ1) is 16.0. The van der Waals surface area contributed by atoms with Crippen LogP contribution in [0, 0.1) is 23.6 Å². The van der Waals surface area contributed by atoms with Crippen LogP contribution in [0.2, 0.25) is 0 Å².